The lowest BCUT2D eigenvalue weighted by atomic mass is 9.85. The number of carboxylic acids is 1. The normalized spacial score (nSPS) is 20.4. The number of benzene rings is 2. The largest absolute Gasteiger partial charge is 0.481 e. The van der Waals surface area contributed by atoms with Gasteiger partial charge in [-0.2, -0.15) is 0 Å². The Labute approximate surface area is 239 Å². The highest BCUT2D eigenvalue weighted by atomic mass is 32.2. The Morgan fingerprint density at radius 1 is 1.03 bits per heavy atom. The smallest absolute Gasteiger partial charge is 0.306 e. The zero-order chi connectivity index (χ0) is 27.6. The van der Waals surface area contributed by atoms with Crippen LogP contribution in [-0.4, -0.2) is 33.5 Å². The van der Waals surface area contributed by atoms with Crippen molar-refractivity contribution >= 4 is 45.9 Å². The van der Waals surface area contributed by atoms with E-state index in [0.29, 0.717) is 30.2 Å². The molecule has 208 valence electrons. The standard InChI is InChI=1S/C31H39N3O3S2/c1-31(2,3)34-39-26-16-15-24(22-11-7-8-12-23(22)26)27-25(17-19-9-5-4-6-10-19)33-29(38-27)28(35)32-21-14-13-20(18-21)30(36)37/h7-8,11-12,15-16,19-21,34H,4-6,9-10,13-14,17-18H2,1-3H3,(H,32,35)(H,36,37). The summed E-state index contributed by atoms with van der Waals surface area (Å²) in [7, 11) is 0. The van der Waals surface area contributed by atoms with Crippen LogP contribution in [0.5, 0.6) is 0 Å². The minimum Gasteiger partial charge on any atom is -0.481 e. The molecule has 3 aromatic rings. The van der Waals surface area contributed by atoms with E-state index in [1.165, 1.54) is 59.1 Å². The number of carbonyl (C=O) groups excluding carboxylic acids is 1. The topological polar surface area (TPSA) is 91.3 Å². The lowest BCUT2D eigenvalue weighted by molar-refractivity contribution is -0.141. The van der Waals surface area contributed by atoms with Gasteiger partial charge in [0.25, 0.3) is 5.91 Å². The number of rotatable bonds is 8. The molecule has 1 amide bonds. The highest BCUT2D eigenvalue weighted by Gasteiger charge is 2.32. The molecule has 6 nitrogen and oxygen atoms in total. The lowest BCUT2D eigenvalue weighted by Gasteiger charge is -2.21. The number of aliphatic carboxylic acids is 1. The van der Waals surface area contributed by atoms with E-state index in [0.717, 1.165) is 22.6 Å². The van der Waals surface area contributed by atoms with Crippen LogP contribution in [0.4, 0.5) is 0 Å². The second kappa shape index (κ2) is 12.0. The number of hydrogen-bond donors (Lipinski definition) is 3. The first-order valence-corrected chi connectivity index (χ1v) is 15.8. The molecule has 2 atom stereocenters. The second-order valence-corrected chi connectivity index (χ2v) is 14.0. The molecule has 0 radical (unpaired) electrons. The Balaban J connectivity index is 1.48. The molecule has 1 heterocycles. The van der Waals surface area contributed by atoms with Crippen molar-refractivity contribution in [3.63, 3.8) is 0 Å². The molecule has 2 aromatic carbocycles. The van der Waals surface area contributed by atoms with Crippen molar-refractivity contribution in [3.05, 3.63) is 47.1 Å². The predicted octanol–water partition coefficient (Wildman–Crippen LogP) is 7.46. The number of thiazole rings is 1. The third-order valence-electron chi connectivity index (χ3n) is 7.81. The van der Waals surface area contributed by atoms with Crippen molar-refractivity contribution in [2.75, 3.05) is 0 Å². The number of hydrogen-bond acceptors (Lipinski definition) is 6. The maximum Gasteiger partial charge on any atom is 0.306 e. The molecule has 0 aliphatic heterocycles. The molecule has 39 heavy (non-hydrogen) atoms. The summed E-state index contributed by atoms with van der Waals surface area (Å²) in [6.45, 7) is 6.47. The van der Waals surface area contributed by atoms with Crippen LogP contribution in [0.1, 0.15) is 87.6 Å². The van der Waals surface area contributed by atoms with Crippen LogP contribution in [0.15, 0.2) is 41.3 Å². The Bertz CT molecular complexity index is 1340. The van der Waals surface area contributed by atoms with Gasteiger partial charge in [0.2, 0.25) is 0 Å². The van der Waals surface area contributed by atoms with Crippen LogP contribution in [0.3, 0.4) is 0 Å². The first-order valence-electron chi connectivity index (χ1n) is 14.2. The van der Waals surface area contributed by atoms with Crippen LogP contribution in [-0.2, 0) is 11.2 Å². The molecule has 2 aliphatic carbocycles. The fourth-order valence-corrected chi connectivity index (χ4v) is 7.69. The van der Waals surface area contributed by atoms with Gasteiger partial charge in [0.1, 0.15) is 0 Å². The Kier molecular flexibility index (Phi) is 8.64. The van der Waals surface area contributed by atoms with Gasteiger partial charge < -0.3 is 10.4 Å². The van der Waals surface area contributed by atoms with E-state index in [9.17, 15) is 14.7 Å². The van der Waals surface area contributed by atoms with E-state index in [4.69, 9.17) is 4.98 Å². The van der Waals surface area contributed by atoms with Crippen molar-refractivity contribution in [3.8, 4) is 10.4 Å². The maximum atomic E-state index is 13.3. The fraction of sp³-hybridized carbons (Fsp3) is 0.516. The predicted molar refractivity (Wildman–Crippen MR) is 160 cm³/mol. The molecule has 5 rings (SSSR count). The molecular weight excluding hydrogens is 526 g/mol. The summed E-state index contributed by atoms with van der Waals surface area (Å²) in [5.41, 5.74) is 2.13. The van der Waals surface area contributed by atoms with Gasteiger partial charge >= 0.3 is 5.97 Å². The molecule has 0 saturated heterocycles. The zero-order valence-electron chi connectivity index (χ0n) is 23.1. The van der Waals surface area contributed by atoms with Gasteiger partial charge in [-0.25, -0.2) is 4.98 Å². The van der Waals surface area contributed by atoms with E-state index >= 15 is 0 Å². The number of aromatic nitrogens is 1. The van der Waals surface area contributed by atoms with Crippen molar-refractivity contribution in [1.82, 2.24) is 15.0 Å². The Morgan fingerprint density at radius 2 is 1.77 bits per heavy atom. The summed E-state index contributed by atoms with van der Waals surface area (Å²) < 4.78 is 3.54. The summed E-state index contributed by atoms with van der Waals surface area (Å²) in [5, 5.41) is 15.3. The number of nitrogens with one attached hydrogen (secondary N) is 2. The molecule has 8 heteroatoms. The van der Waals surface area contributed by atoms with Crippen molar-refractivity contribution < 1.29 is 14.7 Å². The van der Waals surface area contributed by atoms with E-state index in [-0.39, 0.29) is 23.4 Å². The summed E-state index contributed by atoms with van der Waals surface area (Å²) >= 11 is 3.13. The van der Waals surface area contributed by atoms with Crippen LogP contribution in [0.25, 0.3) is 21.2 Å². The fourth-order valence-electron chi connectivity index (χ4n) is 5.81. The Hall–Kier alpha value is -2.42. The van der Waals surface area contributed by atoms with Gasteiger partial charge in [0, 0.05) is 22.0 Å². The van der Waals surface area contributed by atoms with E-state index in [1.807, 2.05) is 0 Å². The molecule has 2 fully saturated rings. The minimum atomic E-state index is -0.774. The van der Waals surface area contributed by atoms with Crippen LogP contribution in [0, 0.1) is 11.8 Å². The van der Waals surface area contributed by atoms with Crippen molar-refractivity contribution in [2.24, 2.45) is 11.8 Å². The highest BCUT2D eigenvalue weighted by Crippen LogP contribution is 2.41. The number of carbonyl (C=O) groups is 2. The van der Waals surface area contributed by atoms with Gasteiger partial charge in [-0.1, -0.05) is 62.4 Å². The van der Waals surface area contributed by atoms with Gasteiger partial charge in [0.15, 0.2) is 5.01 Å². The molecule has 3 N–H and O–H groups in total. The maximum absolute atomic E-state index is 13.3. The number of fused-ring (bicyclic) bond motifs is 1. The summed E-state index contributed by atoms with van der Waals surface area (Å²) in [4.78, 5) is 31.9. The third kappa shape index (κ3) is 6.84. The average molecular weight is 566 g/mol. The van der Waals surface area contributed by atoms with Crippen molar-refractivity contribution in [2.45, 2.75) is 95.0 Å². The van der Waals surface area contributed by atoms with Gasteiger partial charge in [-0.15, -0.1) is 11.3 Å². The van der Waals surface area contributed by atoms with Crippen LogP contribution >= 0.6 is 23.3 Å². The number of carboxylic acid groups (broad SMARTS) is 1. The van der Waals surface area contributed by atoms with E-state index in [1.54, 1.807) is 11.9 Å². The summed E-state index contributed by atoms with van der Waals surface area (Å²) in [6.07, 6.45) is 8.94. The van der Waals surface area contributed by atoms with Crippen LogP contribution < -0.4 is 10.0 Å². The monoisotopic (exact) mass is 565 g/mol. The van der Waals surface area contributed by atoms with Gasteiger partial charge in [-0.3, -0.25) is 14.3 Å². The molecule has 0 spiro atoms. The third-order valence-corrected chi connectivity index (χ3v) is 10.2. The molecule has 2 unspecified atom stereocenters. The first-order chi connectivity index (χ1) is 18.7. The van der Waals surface area contributed by atoms with E-state index in [2.05, 4.69) is 67.2 Å². The lowest BCUT2D eigenvalue weighted by Crippen LogP contribution is -2.33. The first kappa shape index (κ1) is 28.1. The van der Waals surface area contributed by atoms with Gasteiger partial charge in [0.05, 0.1) is 16.5 Å². The molecule has 1 aromatic heterocycles. The number of nitrogens with zero attached hydrogens (tertiary/aromatic N) is 1. The van der Waals surface area contributed by atoms with Gasteiger partial charge in [-0.05, 0) is 81.2 Å². The molecule has 2 saturated carbocycles. The number of amides is 1. The molecular formula is C31H39N3O3S2. The van der Waals surface area contributed by atoms with E-state index < -0.39 is 5.97 Å². The quantitative estimate of drug-likeness (QED) is 0.246. The SMILES string of the molecule is CC(C)(C)NSc1ccc(-c2sc(C(=O)NC3CCC(C(=O)O)C3)nc2CC2CCCCC2)c2ccccc12. The Morgan fingerprint density at radius 3 is 2.46 bits per heavy atom. The highest BCUT2D eigenvalue weighted by molar-refractivity contribution is 7.97. The molecule has 0 bridgehead atoms. The average Bonchev–Trinajstić information content (AvgIpc) is 3.55. The van der Waals surface area contributed by atoms with Crippen LogP contribution in [0.2, 0.25) is 0 Å². The zero-order valence-corrected chi connectivity index (χ0v) is 24.7. The summed E-state index contributed by atoms with van der Waals surface area (Å²) in [5.74, 6) is -0.736. The second-order valence-electron chi connectivity index (χ2n) is 12.1. The molecule has 2 aliphatic rings. The summed E-state index contributed by atoms with van der Waals surface area (Å²) in [6, 6.07) is 12.7. The minimum absolute atomic E-state index is 0.0126. The van der Waals surface area contributed by atoms with Crippen molar-refractivity contribution in [1.29, 1.82) is 0 Å².